The Labute approximate surface area is 254 Å². The SMILES string of the molecule is CC[C@H](NC)C(O)c1nc2cc(Cl)cc(Cl)c2o1.Cc1cc(Cl)cc(Cl)c1O.Clc1cc(Cl)c2ocnc2c1. The normalized spacial score (nSPS) is 12.5. The summed E-state index contributed by atoms with van der Waals surface area (Å²) in [5, 5.41) is 25.1. The highest BCUT2D eigenvalue weighted by atomic mass is 35.5. The van der Waals surface area contributed by atoms with E-state index >= 15 is 0 Å². The molecule has 5 rings (SSSR count). The number of oxazole rings is 2. The van der Waals surface area contributed by atoms with E-state index in [4.69, 9.17) is 83.5 Å². The van der Waals surface area contributed by atoms with Crippen LogP contribution in [-0.2, 0) is 0 Å². The zero-order valence-electron chi connectivity index (χ0n) is 20.8. The summed E-state index contributed by atoms with van der Waals surface area (Å²) in [6.07, 6.45) is 1.28. The number of fused-ring (bicyclic) bond motifs is 2. The maximum absolute atomic E-state index is 10.1. The predicted molar refractivity (Wildman–Crippen MR) is 159 cm³/mol. The third-order valence-electron chi connectivity index (χ3n) is 5.44. The molecule has 13 heteroatoms. The van der Waals surface area contributed by atoms with Crippen molar-refractivity contribution in [3.63, 3.8) is 0 Å². The van der Waals surface area contributed by atoms with Crippen LogP contribution in [0.2, 0.25) is 30.1 Å². The number of hydrogen-bond acceptors (Lipinski definition) is 7. The van der Waals surface area contributed by atoms with E-state index in [-0.39, 0.29) is 17.7 Å². The van der Waals surface area contributed by atoms with Crippen molar-refractivity contribution in [3.05, 3.63) is 84.4 Å². The standard InChI is InChI=1S/C12H14Cl2N2O2.C7H3Cl2NO.C7H6Cl2O/c1-3-8(15-2)10(17)12-16-9-5-6(13)4-7(14)11(9)18-12;8-4-1-5(9)7-6(2-4)10-3-11-7;1-4-2-5(8)3-6(9)7(4)10/h4-5,8,10,15,17H,3H2,1-2H3;1-3H;2-3,10H,1H3/t8-,10?;;/m0../s1. The van der Waals surface area contributed by atoms with Gasteiger partial charge in [-0.05, 0) is 62.4 Å². The van der Waals surface area contributed by atoms with Gasteiger partial charge in [0.25, 0.3) is 0 Å². The largest absolute Gasteiger partial charge is 0.506 e. The Morgan fingerprint density at radius 1 is 0.846 bits per heavy atom. The maximum atomic E-state index is 10.1. The lowest BCUT2D eigenvalue weighted by Crippen LogP contribution is -2.31. The van der Waals surface area contributed by atoms with Crippen LogP contribution in [0, 0.1) is 6.92 Å². The van der Waals surface area contributed by atoms with Crippen molar-refractivity contribution >= 4 is 91.8 Å². The number of aliphatic hydroxyl groups is 1. The van der Waals surface area contributed by atoms with Crippen molar-refractivity contribution in [2.24, 2.45) is 0 Å². The van der Waals surface area contributed by atoms with Crippen molar-refractivity contribution in [1.29, 1.82) is 0 Å². The Hall–Kier alpha value is -1.94. The number of nitrogens with zero attached hydrogens (tertiary/aromatic N) is 2. The van der Waals surface area contributed by atoms with Gasteiger partial charge in [0.15, 0.2) is 17.6 Å². The fourth-order valence-electron chi connectivity index (χ4n) is 3.45. The molecule has 2 atom stereocenters. The zero-order chi connectivity index (χ0) is 28.9. The molecule has 0 aliphatic carbocycles. The van der Waals surface area contributed by atoms with Crippen LogP contribution in [0.15, 0.2) is 51.6 Å². The van der Waals surface area contributed by atoms with Gasteiger partial charge in [-0.2, -0.15) is 0 Å². The number of aromatic hydroxyl groups is 1. The molecular weight excluding hydrogens is 631 g/mol. The van der Waals surface area contributed by atoms with E-state index in [9.17, 15) is 5.11 Å². The number of aryl methyl sites for hydroxylation is 1. The highest BCUT2D eigenvalue weighted by Gasteiger charge is 2.23. The Morgan fingerprint density at radius 3 is 2.00 bits per heavy atom. The van der Waals surface area contributed by atoms with Gasteiger partial charge in [0, 0.05) is 21.1 Å². The van der Waals surface area contributed by atoms with Gasteiger partial charge < -0.3 is 24.4 Å². The highest BCUT2D eigenvalue weighted by molar-refractivity contribution is 6.38. The second-order valence-corrected chi connectivity index (χ2v) is 10.7. The maximum Gasteiger partial charge on any atom is 0.226 e. The second-order valence-electron chi connectivity index (χ2n) is 8.18. The molecule has 1 unspecified atom stereocenters. The number of aromatic nitrogens is 2. The van der Waals surface area contributed by atoms with E-state index in [1.807, 2.05) is 6.92 Å². The van der Waals surface area contributed by atoms with Crippen molar-refractivity contribution < 1.29 is 19.0 Å². The van der Waals surface area contributed by atoms with Gasteiger partial charge in [0.2, 0.25) is 5.89 Å². The molecule has 208 valence electrons. The quantitative estimate of drug-likeness (QED) is 0.178. The van der Waals surface area contributed by atoms with Crippen molar-refractivity contribution in [1.82, 2.24) is 15.3 Å². The molecule has 3 aromatic carbocycles. The summed E-state index contributed by atoms with van der Waals surface area (Å²) in [7, 11) is 1.78. The van der Waals surface area contributed by atoms with Crippen LogP contribution in [0.5, 0.6) is 5.75 Å². The number of aliphatic hydroxyl groups excluding tert-OH is 1. The zero-order valence-corrected chi connectivity index (χ0v) is 25.3. The number of hydrogen-bond donors (Lipinski definition) is 3. The Morgan fingerprint density at radius 2 is 1.41 bits per heavy atom. The third kappa shape index (κ3) is 8.06. The number of halogens is 6. The van der Waals surface area contributed by atoms with Gasteiger partial charge in [-0.15, -0.1) is 0 Å². The molecule has 39 heavy (non-hydrogen) atoms. The Kier molecular flexibility index (Phi) is 11.4. The molecule has 5 aromatic rings. The molecule has 3 N–H and O–H groups in total. The van der Waals surface area contributed by atoms with Gasteiger partial charge in [0.1, 0.15) is 22.9 Å². The first kappa shape index (κ1) is 31.6. The number of rotatable bonds is 4. The number of nitrogens with one attached hydrogen (secondary N) is 1. The lowest BCUT2D eigenvalue weighted by atomic mass is 10.1. The molecule has 2 aromatic heterocycles. The molecule has 0 aliphatic heterocycles. The van der Waals surface area contributed by atoms with Gasteiger partial charge >= 0.3 is 0 Å². The van der Waals surface area contributed by atoms with Crippen LogP contribution in [0.3, 0.4) is 0 Å². The van der Waals surface area contributed by atoms with E-state index in [0.29, 0.717) is 57.9 Å². The van der Waals surface area contributed by atoms with E-state index in [1.54, 1.807) is 44.3 Å². The number of phenolic OH excluding ortho intramolecular Hbond substituents is 1. The van der Waals surface area contributed by atoms with Gasteiger partial charge in [-0.25, -0.2) is 9.97 Å². The van der Waals surface area contributed by atoms with E-state index in [1.165, 1.54) is 12.5 Å². The van der Waals surface area contributed by atoms with Crippen molar-refractivity contribution in [3.8, 4) is 5.75 Å². The van der Waals surface area contributed by atoms with Gasteiger partial charge in [-0.1, -0.05) is 76.5 Å². The minimum atomic E-state index is -0.817. The van der Waals surface area contributed by atoms with Crippen LogP contribution in [0.4, 0.5) is 0 Å². The van der Waals surface area contributed by atoms with Crippen LogP contribution in [0.25, 0.3) is 22.2 Å². The molecule has 0 bridgehead atoms. The molecular formula is C26H23Cl6N3O4. The van der Waals surface area contributed by atoms with E-state index in [2.05, 4.69) is 15.3 Å². The molecule has 0 fully saturated rings. The summed E-state index contributed by atoms with van der Waals surface area (Å²) in [6.45, 7) is 3.71. The molecule has 7 nitrogen and oxygen atoms in total. The van der Waals surface area contributed by atoms with Gasteiger partial charge in [-0.3, -0.25) is 0 Å². The first-order valence-electron chi connectivity index (χ1n) is 11.4. The first-order chi connectivity index (χ1) is 18.4. The third-order valence-corrected chi connectivity index (χ3v) is 6.94. The van der Waals surface area contributed by atoms with Crippen LogP contribution < -0.4 is 5.32 Å². The lowest BCUT2D eigenvalue weighted by Gasteiger charge is -2.17. The molecule has 0 spiro atoms. The van der Waals surface area contributed by atoms with Gasteiger partial charge in [0.05, 0.1) is 15.1 Å². The smallest absolute Gasteiger partial charge is 0.226 e. The fourth-order valence-corrected chi connectivity index (χ4v) is 5.09. The summed E-state index contributed by atoms with van der Waals surface area (Å²) >= 11 is 34.6. The van der Waals surface area contributed by atoms with E-state index < -0.39 is 6.10 Å². The van der Waals surface area contributed by atoms with Crippen LogP contribution in [0.1, 0.15) is 30.9 Å². The van der Waals surface area contributed by atoms with Crippen molar-refractivity contribution in [2.45, 2.75) is 32.4 Å². The van der Waals surface area contributed by atoms with E-state index in [0.717, 1.165) is 6.42 Å². The predicted octanol–water partition coefficient (Wildman–Crippen LogP) is 9.31. The molecule has 0 radical (unpaired) electrons. The first-order valence-corrected chi connectivity index (χ1v) is 13.7. The summed E-state index contributed by atoms with van der Waals surface area (Å²) in [4.78, 5) is 8.13. The van der Waals surface area contributed by atoms with Crippen LogP contribution >= 0.6 is 69.6 Å². The van der Waals surface area contributed by atoms with Crippen LogP contribution in [-0.4, -0.2) is 33.3 Å². The number of benzene rings is 3. The molecule has 0 amide bonds. The summed E-state index contributed by atoms with van der Waals surface area (Å²) in [6, 6.07) is 9.61. The lowest BCUT2D eigenvalue weighted by molar-refractivity contribution is 0.103. The minimum absolute atomic E-state index is 0.103. The second kappa shape index (κ2) is 14.1. The monoisotopic (exact) mass is 651 g/mol. The summed E-state index contributed by atoms with van der Waals surface area (Å²) < 4.78 is 10.5. The number of phenols is 1. The Balaban J connectivity index is 0.000000172. The Bertz CT molecular complexity index is 1550. The summed E-state index contributed by atoms with van der Waals surface area (Å²) in [5.41, 5.74) is 2.95. The highest BCUT2D eigenvalue weighted by Crippen LogP contribution is 2.32. The minimum Gasteiger partial charge on any atom is -0.506 e. The molecule has 0 saturated carbocycles. The molecule has 2 heterocycles. The molecule has 0 saturated heterocycles. The topological polar surface area (TPSA) is 105 Å². The molecule has 0 aliphatic rings. The fraction of sp³-hybridized carbons (Fsp3) is 0.231. The average molecular weight is 654 g/mol. The number of likely N-dealkylation sites (N-methyl/N-ethyl adjacent to an activating group) is 1. The van der Waals surface area contributed by atoms with Crippen molar-refractivity contribution in [2.75, 3.05) is 7.05 Å². The average Bonchev–Trinajstić information content (AvgIpc) is 3.51. The summed E-state index contributed by atoms with van der Waals surface area (Å²) in [5.74, 6) is 0.349.